The van der Waals surface area contributed by atoms with E-state index in [1.807, 2.05) is 4.90 Å². The molecular formula is C12H14Cl2N2O3. The Balaban J connectivity index is 2.34. The SMILES string of the molecule is CC(O)C1CCN(c2cc(Cl)c(Cl)cc2[N+](=O)[O-])C1. The fraction of sp³-hybridized carbons (Fsp3) is 0.500. The fourth-order valence-corrected chi connectivity index (χ4v) is 2.64. The highest BCUT2D eigenvalue weighted by molar-refractivity contribution is 6.42. The highest BCUT2D eigenvalue weighted by Crippen LogP contribution is 2.38. The third kappa shape index (κ3) is 2.94. The van der Waals surface area contributed by atoms with Crippen LogP contribution in [0.4, 0.5) is 11.4 Å². The Kier molecular flexibility index (Phi) is 4.18. The van der Waals surface area contributed by atoms with Crippen LogP contribution in [0.1, 0.15) is 13.3 Å². The lowest BCUT2D eigenvalue weighted by molar-refractivity contribution is -0.384. The summed E-state index contributed by atoms with van der Waals surface area (Å²) in [7, 11) is 0. The van der Waals surface area contributed by atoms with E-state index in [1.54, 1.807) is 6.92 Å². The second kappa shape index (κ2) is 5.53. The second-order valence-corrected chi connectivity index (χ2v) is 5.56. The number of halogens is 2. The molecule has 0 saturated carbocycles. The van der Waals surface area contributed by atoms with Crippen LogP contribution in [0.15, 0.2) is 12.1 Å². The minimum atomic E-state index is -0.465. The zero-order valence-electron chi connectivity index (χ0n) is 10.3. The van der Waals surface area contributed by atoms with Gasteiger partial charge in [0.15, 0.2) is 0 Å². The Morgan fingerprint density at radius 2 is 2.11 bits per heavy atom. The van der Waals surface area contributed by atoms with Crippen molar-refractivity contribution in [2.75, 3.05) is 18.0 Å². The van der Waals surface area contributed by atoms with Crippen molar-refractivity contribution in [1.82, 2.24) is 0 Å². The van der Waals surface area contributed by atoms with Crippen molar-refractivity contribution < 1.29 is 10.0 Å². The van der Waals surface area contributed by atoms with Gasteiger partial charge in [-0.15, -0.1) is 0 Å². The van der Waals surface area contributed by atoms with Gasteiger partial charge >= 0.3 is 0 Å². The molecule has 0 radical (unpaired) electrons. The molecule has 7 heteroatoms. The Morgan fingerprint density at radius 3 is 2.63 bits per heavy atom. The van der Waals surface area contributed by atoms with Crippen LogP contribution in [-0.2, 0) is 0 Å². The summed E-state index contributed by atoms with van der Waals surface area (Å²) in [6, 6.07) is 2.79. The van der Waals surface area contributed by atoms with Crippen molar-refractivity contribution in [2.45, 2.75) is 19.4 Å². The van der Waals surface area contributed by atoms with Crippen molar-refractivity contribution in [3.63, 3.8) is 0 Å². The van der Waals surface area contributed by atoms with Crippen LogP contribution < -0.4 is 4.90 Å². The normalized spacial score (nSPS) is 20.6. The molecular weight excluding hydrogens is 291 g/mol. The Hall–Kier alpha value is -1.04. The molecule has 0 amide bonds. The van der Waals surface area contributed by atoms with Crippen LogP contribution in [0.5, 0.6) is 0 Å². The molecule has 2 unspecified atom stereocenters. The van der Waals surface area contributed by atoms with Gasteiger partial charge in [0.25, 0.3) is 5.69 Å². The number of nitro groups is 1. The minimum absolute atomic E-state index is 0.0550. The fourth-order valence-electron chi connectivity index (χ4n) is 2.33. The summed E-state index contributed by atoms with van der Waals surface area (Å²) in [6.45, 7) is 2.97. The van der Waals surface area contributed by atoms with Crippen LogP contribution in [0.2, 0.25) is 10.0 Å². The van der Waals surface area contributed by atoms with Gasteiger partial charge in [0, 0.05) is 25.1 Å². The van der Waals surface area contributed by atoms with E-state index in [0.29, 0.717) is 23.8 Å². The number of hydrogen-bond donors (Lipinski definition) is 1. The maximum atomic E-state index is 11.1. The third-order valence-electron chi connectivity index (χ3n) is 3.46. The Morgan fingerprint density at radius 1 is 1.47 bits per heavy atom. The Labute approximate surface area is 120 Å². The average Bonchev–Trinajstić information content (AvgIpc) is 2.81. The summed E-state index contributed by atoms with van der Waals surface area (Å²) >= 11 is 11.8. The van der Waals surface area contributed by atoms with Crippen LogP contribution in [0.25, 0.3) is 0 Å². The van der Waals surface area contributed by atoms with Gasteiger partial charge in [0.05, 0.1) is 21.1 Å². The molecule has 104 valence electrons. The number of nitrogens with zero attached hydrogens (tertiary/aromatic N) is 2. The summed E-state index contributed by atoms with van der Waals surface area (Å²) in [5, 5.41) is 21.1. The lowest BCUT2D eigenvalue weighted by atomic mass is 10.0. The molecule has 2 rings (SSSR count). The molecule has 2 atom stereocenters. The third-order valence-corrected chi connectivity index (χ3v) is 4.18. The number of rotatable bonds is 3. The first-order chi connectivity index (χ1) is 8.90. The highest BCUT2D eigenvalue weighted by Gasteiger charge is 2.30. The molecule has 0 spiro atoms. The van der Waals surface area contributed by atoms with Gasteiger partial charge in [0.2, 0.25) is 0 Å². The van der Waals surface area contributed by atoms with E-state index in [0.717, 1.165) is 6.42 Å². The van der Waals surface area contributed by atoms with Crippen molar-refractivity contribution >= 4 is 34.6 Å². The standard InChI is InChI=1S/C12H14Cl2N2O3/c1-7(17)8-2-3-15(6-8)11-4-9(13)10(14)5-12(11)16(18)19/h4-5,7-8,17H,2-3,6H2,1H3. The molecule has 1 aliphatic rings. The van der Waals surface area contributed by atoms with Gasteiger partial charge in [-0.25, -0.2) is 0 Å². The quantitative estimate of drug-likeness (QED) is 0.688. The van der Waals surface area contributed by atoms with Crippen molar-refractivity contribution in [3.05, 3.63) is 32.3 Å². The number of nitro benzene ring substituents is 1. The van der Waals surface area contributed by atoms with Crippen molar-refractivity contribution in [3.8, 4) is 0 Å². The maximum absolute atomic E-state index is 11.1. The van der Waals surface area contributed by atoms with Crippen molar-refractivity contribution in [1.29, 1.82) is 0 Å². The predicted octanol–water partition coefficient (Wildman–Crippen LogP) is 3.11. The van der Waals surface area contributed by atoms with Crippen LogP contribution in [0, 0.1) is 16.0 Å². The van der Waals surface area contributed by atoms with Gasteiger partial charge in [-0.3, -0.25) is 10.1 Å². The zero-order valence-corrected chi connectivity index (χ0v) is 11.9. The van der Waals surface area contributed by atoms with Crippen LogP contribution >= 0.6 is 23.2 Å². The molecule has 0 bridgehead atoms. The first-order valence-corrected chi connectivity index (χ1v) is 6.72. The predicted molar refractivity (Wildman–Crippen MR) is 75.1 cm³/mol. The van der Waals surface area contributed by atoms with Crippen LogP contribution in [0.3, 0.4) is 0 Å². The number of aliphatic hydroxyl groups excluding tert-OH is 1. The van der Waals surface area contributed by atoms with E-state index in [1.165, 1.54) is 12.1 Å². The lowest BCUT2D eigenvalue weighted by Crippen LogP contribution is -2.24. The number of anilines is 1. The smallest absolute Gasteiger partial charge is 0.294 e. The van der Waals surface area contributed by atoms with Gasteiger partial charge < -0.3 is 10.0 Å². The number of aliphatic hydroxyl groups is 1. The van der Waals surface area contributed by atoms with E-state index in [9.17, 15) is 15.2 Å². The Bertz CT molecular complexity index is 508. The first kappa shape index (κ1) is 14.4. The highest BCUT2D eigenvalue weighted by atomic mass is 35.5. The molecule has 1 aromatic carbocycles. The zero-order chi connectivity index (χ0) is 14.2. The van der Waals surface area contributed by atoms with Gasteiger partial charge in [-0.1, -0.05) is 23.2 Å². The average molecular weight is 305 g/mol. The van der Waals surface area contributed by atoms with E-state index in [4.69, 9.17) is 23.2 Å². The largest absolute Gasteiger partial charge is 0.393 e. The topological polar surface area (TPSA) is 66.6 Å². The van der Waals surface area contributed by atoms with E-state index >= 15 is 0 Å². The van der Waals surface area contributed by atoms with Crippen molar-refractivity contribution in [2.24, 2.45) is 5.92 Å². The second-order valence-electron chi connectivity index (χ2n) is 4.75. The molecule has 0 aromatic heterocycles. The molecule has 0 aliphatic carbocycles. The molecule has 1 N–H and O–H groups in total. The molecule has 5 nitrogen and oxygen atoms in total. The summed E-state index contributed by atoms with van der Waals surface area (Å²) in [5.74, 6) is 0.119. The summed E-state index contributed by atoms with van der Waals surface area (Å²) in [4.78, 5) is 12.5. The molecule has 1 heterocycles. The molecule has 1 aromatic rings. The summed E-state index contributed by atoms with van der Waals surface area (Å²) in [5.41, 5.74) is 0.406. The van der Waals surface area contributed by atoms with Gasteiger partial charge in [0.1, 0.15) is 5.69 Å². The lowest BCUT2D eigenvalue weighted by Gasteiger charge is -2.20. The molecule has 1 fully saturated rings. The van der Waals surface area contributed by atoms with Gasteiger partial charge in [-0.05, 0) is 19.4 Å². The van der Waals surface area contributed by atoms with Gasteiger partial charge in [-0.2, -0.15) is 0 Å². The van der Waals surface area contributed by atoms with Crippen LogP contribution in [-0.4, -0.2) is 29.2 Å². The summed E-state index contributed by atoms with van der Waals surface area (Å²) < 4.78 is 0. The maximum Gasteiger partial charge on any atom is 0.294 e. The van der Waals surface area contributed by atoms with E-state index in [2.05, 4.69) is 0 Å². The number of benzene rings is 1. The first-order valence-electron chi connectivity index (χ1n) is 5.96. The minimum Gasteiger partial charge on any atom is -0.393 e. The number of hydrogen-bond acceptors (Lipinski definition) is 4. The monoisotopic (exact) mass is 304 g/mol. The molecule has 1 aliphatic heterocycles. The summed E-state index contributed by atoms with van der Waals surface area (Å²) in [6.07, 6.45) is 0.376. The van der Waals surface area contributed by atoms with E-state index < -0.39 is 11.0 Å². The van der Waals surface area contributed by atoms with E-state index in [-0.39, 0.29) is 16.6 Å². The molecule has 1 saturated heterocycles. The molecule has 19 heavy (non-hydrogen) atoms.